The first-order valence-corrected chi connectivity index (χ1v) is 1.74. The van der Waals surface area contributed by atoms with E-state index in [1.165, 1.54) is 0 Å². The molecule has 1 aliphatic heterocycles. The zero-order valence-electron chi connectivity index (χ0n) is 2.94. The molecule has 38 valence electrons. The van der Waals surface area contributed by atoms with E-state index in [2.05, 4.69) is 9.78 Å². The number of hydrogen-bond acceptors (Lipinski definition) is 2. The standard InChI is InChI=1S/C3H6O2.CH4/c1-2-4-5-3-1;/h1-3H2;1H4. The summed E-state index contributed by atoms with van der Waals surface area (Å²) >= 11 is 0. The summed E-state index contributed by atoms with van der Waals surface area (Å²) in [5.41, 5.74) is 0. The molecule has 0 saturated carbocycles. The van der Waals surface area contributed by atoms with Gasteiger partial charge >= 0.3 is 0 Å². The van der Waals surface area contributed by atoms with E-state index in [1.54, 1.807) is 0 Å². The Kier molecular flexibility index (Phi) is 3.08. The quantitative estimate of drug-likeness (QED) is 0.413. The number of rotatable bonds is 0. The number of hydrogen-bond donors (Lipinski definition) is 0. The predicted molar refractivity (Wildman–Crippen MR) is 23.3 cm³/mol. The summed E-state index contributed by atoms with van der Waals surface area (Å²) in [6, 6.07) is 0. The van der Waals surface area contributed by atoms with Crippen molar-refractivity contribution in [2.75, 3.05) is 13.2 Å². The first-order valence-electron chi connectivity index (χ1n) is 1.74. The molecule has 0 aromatic carbocycles. The Morgan fingerprint density at radius 1 is 1.00 bits per heavy atom. The van der Waals surface area contributed by atoms with Crippen molar-refractivity contribution in [3.63, 3.8) is 0 Å². The molecule has 1 saturated heterocycles. The summed E-state index contributed by atoms with van der Waals surface area (Å²) in [5, 5.41) is 0. The average Bonchev–Trinajstić information content (AvgIpc) is 1.76. The lowest BCUT2D eigenvalue weighted by Crippen LogP contribution is -1.72. The smallest absolute Gasteiger partial charge is 0.0845 e. The molecule has 1 fully saturated rings. The van der Waals surface area contributed by atoms with Gasteiger partial charge in [-0.3, -0.25) is 0 Å². The van der Waals surface area contributed by atoms with Crippen LogP contribution in [0.3, 0.4) is 0 Å². The molecule has 0 unspecified atom stereocenters. The molecule has 0 N–H and O–H groups in total. The minimum Gasteiger partial charge on any atom is -0.237 e. The van der Waals surface area contributed by atoms with E-state index < -0.39 is 0 Å². The molecular formula is C4H10O2. The predicted octanol–water partition coefficient (Wildman–Crippen LogP) is 0.974. The zero-order chi connectivity index (χ0) is 3.54. The highest BCUT2D eigenvalue weighted by Crippen LogP contribution is 1.93. The highest BCUT2D eigenvalue weighted by molar-refractivity contribution is 4.31. The SMILES string of the molecule is C.C1COOC1. The summed E-state index contributed by atoms with van der Waals surface area (Å²) < 4.78 is 0. The van der Waals surface area contributed by atoms with Gasteiger partial charge in [0.25, 0.3) is 0 Å². The van der Waals surface area contributed by atoms with Gasteiger partial charge < -0.3 is 0 Å². The largest absolute Gasteiger partial charge is 0.237 e. The Hall–Kier alpha value is -0.0800. The van der Waals surface area contributed by atoms with Gasteiger partial charge in [-0.25, -0.2) is 9.78 Å². The fourth-order valence-corrected chi connectivity index (χ4v) is 0.295. The van der Waals surface area contributed by atoms with E-state index >= 15 is 0 Å². The Labute approximate surface area is 38.0 Å². The topological polar surface area (TPSA) is 18.5 Å². The van der Waals surface area contributed by atoms with Crippen molar-refractivity contribution < 1.29 is 9.78 Å². The van der Waals surface area contributed by atoms with Crippen molar-refractivity contribution in [1.82, 2.24) is 0 Å². The molecule has 0 aliphatic carbocycles. The fraction of sp³-hybridized carbons (Fsp3) is 1.00. The maximum atomic E-state index is 4.44. The van der Waals surface area contributed by atoms with Crippen molar-refractivity contribution in [3.8, 4) is 0 Å². The molecule has 0 spiro atoms. The van der Waals surface area contributed by atoms with Crippen LogP contribution in [-0.2, 0) is 9.78 Å². The molecule has 2 heteroatoms. The minimum atomic E-state index is 0. The van der Waals surface area contributed by atoms with E-state index in [1.807, 2.05) is 0 Å². The third kappa shape index (κ3) is 1.38. The molecule has 1 rings (SSSR count). The lowest BCUT2D eigenvalue weighted by Gasteiger charge is -1.77. The Morgan fingerprint density at radius 2 is 1.50 bits per heavy atom. The van der Waals surface area contributed by atoms with Crippen LogP contribution < -0.4 is 0 Å². The molecule has 0 aromatic rings. The summed E-state index contributed by atoms with van der Waals surface area (Å²) in [4.78, 5) is 8.89. The van der Waals surface area contributed by atoms with Gasteiger partial charge in [-0.2, -0.15) is 0 Å². The first kappa shape index (κ1) is 5.92. The van der Waals surface area contributed by atoms with Crippen LogP contribution in [0.4, 0.5) is 0 Å². The van der Waals surface area contributed by atoms with Crippen LogP contribution in [0.5, 0.6) is 0 Å². The summed E-state index contributed by atoms with van der Waals surface area (Å²) in [7, 11) is 0. The Morgan fingerprint density at radius 3 is 1.67 bits per heavy atom. The second-order valence-electron chi connectivity index (χ2n) is 0.998. The van der Waals surface area contributed by atoms with Gasteiger partial charge in [-0.1, -0.05) is 7.43 Å². The molecule has 6 heavy (non-hydrogen) atoms. The van der Waals surface area contributed by atoms with Gasteiger partial charge in [0.15, 0.2) is 0 Å². The van der Waals surface area contributed by atoms with Gasteiger partial charge in [0.2, 0.25) is 0 Å². The van der Waals surface area contributed by atoms with Crippen LogP contribution >= 0.6 is 0 Å². The molecule has 2 nitrogen and oxygen atoms in total. The lowest BCUT2D eigenvalue weighted by atomic mass is 10.5. The molecule has 0 aromatic heterocycles. The van der Waals surface area contributed by atoms with Gasteiger partial charge in [0.05, 0.1) is 13.2 Å². The minimum absolute atomic E-state index is 0. The maximum absolute atomic E-state index is 4.44. The van der Waals surface area contributed by atoms with Crippen LogP contribution in [0, 0.1) is 0 Å². The average molecular weight is 90.1 g/mol. The van der Waals surface area contributed by atoms with Crippen molar-refractivity contribution in [2.24, 2.45) is 0 Å². The van der Waals surface area contributed by atoms with Gasteiger partial charge in [-0.15, -0.1) is 0 Å². The van der Waals surface area contributed by atoms with Crippen molar-refractivity contribution in [2.45, 2.75) is 13.8 Å². The van der Waals surface area contributed by atoms with E-state index in [4.69, 9.17) is 0 Å². The van der Waals surface area contributed by atoms with Crippen LogP contribution in [-0.4, -0.2) is 13.2 Å². The van der Waals surface area contributed by atoms with Crippen LogP contribution in [0.2, 0.25) is 0 Å². The van der Waals surface area contributed by atoms with Crippen LogP contribution in [0.1, 0.15) is 13.8 Å². The first-order chi connectivity index (χ1) is 2.50. The van der Waals surface area contributed by atoms with Crippen LogP contribution in [0.15, 0.2) is 0 Å². The highest BCUT2D eigenvalue weighted by atomic mass is 17.2. The van der Waals surface area contributed by atoms with E-state index in [9.17, 15) is 0 Å². The normalized spacial score (nSPS) is 20.0. The third-order valence-corrected chi connectivity index (χ3v) is 0.539. The Bertz CT molecular complexity index is 17.1. The van der Waals surface area contributed by atoms with Gasteiger partial charge in [0, 0.05) is 6.42 Å². The highest BCUT2D eigenvalue weighted by Gasteiger charge is 1.95. The van der Waals surface area contributed by atoms with Crippen LogP contribution in [0.25, 0.3) is 0 Å². The zero-order valence-corrected chi connectivity index (χ0v) is 2.94. The fourth-order valence-electron chi connectivity index (χ4n) is 0.295. The molecule has 0 radical (unpaired) electrons. The monoisotopic (exact) mass is 90.1 g/mol. The van der Waals surface area contributed by atoms with E-state index in [0.29, 0.717) is 0 Å². The molecule has 1 aliphatic rings. The maximum Gasteiger partial charge on any atom is 0.0845 e. The summed E-state index contributed by atoms with van der Waals surface area (Å²) in [5.74, 6) is 0. The van der Waals surface area contributed by atoms with Crippen molar-refractivity contribution in [1.29, 1.82) is 0 Å². The molecule has 0 atom stereocenters. The van der Waals surface area contributed by atoms with Gasteiger partial charge in [0.1, 0.15) is 0 Å². The summed E-state index contributed by atoms with van der Waals surface area (Å²) in [6.07, 6.45) is 1.06. The van der Waals surface area contributed by atoms with Crippen molar-refractivity contribution >= 4 is 0 Å². The second-order valence-corrected chi connectivity index (χ2v) is 0.998. The molecule has 1 heterocycles. The van der Waals surface area contributed by atoms with Crippen molar-refractivity contribution in [3.05, 3.63) is 0 Å². The lowest BCUT2D eigenvalue weighted by molar-refractivity contribution is -0.248. The molecule has 0 amide bonds. The van der Waals surface area contributed by atoms with Gasteiger partial charge in [-0.05, 0) is 0 Å². The molecule has 0 bridgehead atoms. The Balaban J connectivity index is 0.000000250. The second kappa shape index (κ2) is 3.12. The van der Waals surface area contributed by atoms with E-state index in [-0.39, 0.29) is 7.43 Å². The third-order valence-electron chi connectivity index (χ3n) is 0.539. The summed E-state index contributed by atoms with van der Waals surface area (Å²) in [6.45, 7) is 1.56. The van der Waals surface area contributed by atoms with E-state index in [0.717, 1.165) is 19.6 Å². The molecular weight excluding hydrogens is 80.0 g/mol.